The van der Waals surface area contributed by atoms with E-state index in [2.05, 4.69) is 0 Å². The molecule has 1 aromatic rings. The third kappa shape index (κ3) is 2.76. The molecule has 0 spiro atoms. The molecule has 1 rings (SSSR count). The molecule has 0 aliphatic rings. The fraction of sp³-hybridized carbons (Fsp3) is 0.333. The Hall–Kier alpha value is -2.01. The van der Waals surface area contributed by atoms with Crippen LogP contribution in [0.4, 0.5) is 0 Å². The van der Waals surface area contributed by atoms with E-state index in [1.807, 2.05) is 6.92 Å². The molecule has 8 heteroatoms. The third-order valence-electron chi connectivity index (χ3n) is 2.05. The number of carbonyl (C=O) groups is 1. The average Bonchev–Trinajstić information content (AvgIpc) is 2.63. The highest BCUT2D eigenvalue weighted by molar-refractivity contribution is 7.89. The van der Waals surface area contributed by atoms with E-state index in [4.69, 9.17) is 10.4 Å². The highest BCUT2D eigenvalue weighted by Gasteiger charge is 2.20. The van der Waals surface area contributed by atoms with Crippen LogP contribution in [0.25, 0.3) is 0 Å². The summed E-state index contributed by atoms with van der Waals surface area (Å²) in [7, 11) is -3.96. The van der Waals surface area contributed by atoms with Crippen molar-refractivity contribution in [2.45, 2.75) is 24.8 Å². The van der Waals surface area contributed by atoms with Gasteiger partial charge in [0.2, 0.25) is 0 Å². The molecular formula is C9H11N3O4S. The SMILES string of the molecule is CCCn1cc(S(=O)(=O)NC#N)cc1C(=O)O. The van der Waals surface area contributed by atoms with Crippen molar-refractivity contribution < 1.29 is 18.3 Å². The highest BCUT2D eigenvalue weighted by atomic mass is 32.2. The Morgan fingerprint density at radius 3 is 2.76 bits per heavy atom. The van der Waals surface area contributed by atoms with E-state index in [-0.39, 0.29) is 10.6 Å². The standard InChI is InChI=1S/C9H11N3O4S/c1-2-3-12-5-7(4-8(12)9(13)14)17(15,16)11-6-10/h4-5,11H,2-3H2,1H3,(H,13,14). The molecule has 0 radical (unpaired) electrons. The summed E-state index contributed by atoms with van der Waals surface area (Å²) in [5, 5.41) is 17.2. The number of aromatic nitrogens is 1. The van der Waals surface area contributed by atoms with Crippen molar-refractivity contribution >= 4 is 16.0 Å². The van der Waals surface area contributed by atoms with E-state index in [0.717, 1.165) is 6.07 Å². The molecule has 0 fully saturated rings. The van der Waals surface area contributed by atoms with Crippen LogP contribution in [-0.4, -0.2) is 24.1 Å². The summed E-state index contributed by atoms with van der Waals surface area (Å²) in [6.45, 7) is 2.23. The molecule has 0 unspecified atom stereocenters. The largest absolute Gasteiger partial charge is 0.477 e. The summed E-state index contributed by atoms with van der Waals surface area (Å²) in [5.74, 6) is -1.21. The van der Waals surface area contributed by atoms with Crippen LogP contribution in [0, 0.1) is 11.5 Å². The van der Waals surface area contributed by atoms with Crippen LogP contribution >= 0.6 is 0 Å². The number of nitriles is 1. The number of hydrogen-bond donors (Lipinski definition) is 2. The first-order chi connectivity index (χ1) is 7.92. The van der Waals surface area contributed by atoms with Gasteiger partial charge in [0, 0.05) is 12.7 Å². The van der Waals surface area contributed by atoms with Crippen molar-refractivity contribution in [3.05, 3.63) is 18.0 Å². The molecule has 0 amide bonds. The maximum Gasteiger partial charge on any atom is 0.352 e. The monoisotopic (exact) mass is 257 g/mol. The predicted octanol–water partition coefficient (Wildman–Crippen LogP) is 0.356. The minimum atomic E-state index is -3.96. The number of carboxylic acid groups (broad SMARTS) is 1. The van der Waals surface area contributed by atoms with Crippen LogP contribution in [-0.2, 0) is 16.6 Å². The van der Waals surface area contributed by atoms with Gasteiger partial charge < -0.3 is 9.67 Å². The van der Waals surface area contributed by atoms with Gasteiger partial charge >= 0.3 is 5.97 Å². The molecule has 2 N–H and O–H groups in total. The Bertz CT molecular complexity index is 568. The Labute approximate surface area is 98.3 Å². The Morgan fingerprint density at radius 1 is 1.65 bits per heavy atom. The Balaban J connectivity index is 3.26. The minimum Gasteiger partial charge on any atom is -0.477 e. The number of carboxylic acids is 1. The van der Waals surface area contributed by atoms with Gasteiger partial charge in [0.15, 0.2) is 6.19 Å². The number of aryl methyl sites for hydroxylation is 1. The number of nitrogens with zero attached hydrogens (tertiary/aromatic N) is 2. The first-order valence-electron chi connectivity index (χ1n) is 4.76. The van der Waals surface area contributed by atoms with Crippen LogP contribution in [0.2, 0.25) is 0 Å². The van der Waals surface area contributed by atoms with Gasteiger partial charge in [0.05, 0.1) is 0 Å². The molecular weight excluding hydrogens is 246 g/mol. The molecule has 17 heavy (non-hydrogen) atoms. The van der Waals surface area contributed by atoms with E-state index in [1.165, 1.54) is 17.0 Å². The lowest BCUT2D eigenvalue weighted by molar-refractivity contribution is 0.0685. The maximum absolute atomic E-state index is 11.5. The highest BCUT2D eigenvalue weighted by Crippen LogP contribution is 2.15. The number of hydrogen-bond acceptors (Lipinski definition) is 4. The fourth-order valence-electron chi connectivity index (χ4n) is 1.35. The molecule has 0 saturated heterocycles. The van der Waals surface area contributed by atoms with E-state index in [0.29, 0.717) is 13.0 Å². The molecule has 0 aliphatic heterocycles. The number of rotatable bonds is 5. The average molecular weight is 257 g/mol. The van der Waals surface area contributed by atoms with Crippen molar-refractivity contribution in [3.8, 4) is 6.19 Å². The molecule has 0 saturated carbocycles. The maximum atomic E-state index is 11.5. The van der Waals surface area contributed by atoms with Gasteiger partial charge in [-0.3, -0.25) is 0 Å². The van der Waals surface area contributed by atoms with Crippen LogP contribution in [0.5, 0.6) is 0 Å². The summed E-state index contributed by atoms with van der Waals surface area (Å²) in [5.41, 5.74) is -0.120. The van der Waals surface area contributed by atoms with Gasteiger partial charge in [0.1, 0.15) is 10.6 Å². The fourth-order valence-corrected chi connectivity index (χ4v) is 2.13. The zero-order chi connectivity index (χ0) is 13.1. The molecule has 1 heterocycles. The number of sulfonamides is 1. The van der Waals surface area contributed by atoms with Gasteiger partial charge in [0.25, 0.3) is 10.0 Å². The topological polar surface area (TPSA) is 112 Å². The van der Waals surface area contributed by atoms with Gasteiger partial charge in [-0.1, -0.05) is 6.92 Å². The van der Waals surface area contributed by atoms with Crippen molar-refractivity contribution in [2.24, 2.45) is 0 Å². The molecule has 92 valence electrons. The van der Waals surface area contributed by atoms with Crippen LogP contribution in [0.15, 0.2) is 17.2 Å². The molecule has 1 aromatic heterocycles. The third-order valence-corrected chi connectivity index (χ3v) is 3.25. The summed E-state index contributed by atoms with van der Waals surface area (Å²) < 4.78 is 25.9. The first kappa shape index (κ1) is 13.1. The van der Waals surface area contributed by atoms with Crippen molar-refractivity contribution in [2.75, 3.05) is 0 Å². The smallest absolute Gasteiger partial charge is 0.352 e. The second-order valence-corrected chi connectivity index (χ2v) is 4.96. The van der Waals surface area contributed by atoms with E-state index in [9.17, 15) is 13.2 Å². The van der Waals surface area contributed by atoms with Gasteiger partial charge in [-0.15, -0.1) is 0 Å². The van der Waals surface area contributed by atoms with E-state index >= 15 is 0 Å². The lowest BCUT2D eigenvalue weighted by atomic mass is 10.4. The summed E-state index contributed by atoms with van der Waals surface area (Å²) in [4.78, 5) is 10.7. The van der Waals surface area contributed by atoms with Gasteiger partial charge in [-0.2, -0.15) is 5.26 Å². The molecule has 0 bridgehead atoms. The molecule has 7 nitrogen and oxygen atoms in total. The van der Waals surface area contributed by atoms with Crippen molar-refractivity contribution in [1.82, 2.24) is 9.29 Å². The summed E-state index contributed by atoms with van der Waals surface area (Å²) in [6.07, 6.45) is 3.17. The van der Waals surface area contributed by atoms with Crippen molar-refractivity contribution in [1.29, 1.82) is 5.26 Å². The first-order valence-corrected chi connectivity index (χ1v) is 6.25. The lowest BCUT2D eigenvalue weighted by Crippen LogP contribution is -2.17. The minimum absolute atomic E-state index is 0.120. The van der Waals surface area contributed by atoms with Crippen LogP contribution in [0.1, 0.15) is 23.8 Å². The quantitative estimate of drug-likeness (QED) is 0.584. The molecule has 0 aromatic carbocycles. The number of aromatic carboxylic acids is 1. The summed E-state index contributed by atoms with van der Waals surface area (Å²) in [6, 6.07) is 1.03. The summed E-state index contributed by atoms with van der Waals surface area (Å²) >= 11 is 0. The van der Waals surface area contributed by atoms with E-state index in [1.54, 1.807) is 4.72 Å². The second-order valence-electron chi connectivity index (χ2n) is 3.28. The van der Waals surface area contributed by atoms with Crippen molar-refractivity contribution in [3.63, 3.8) is 0 Å². The predicted molar refractivity (Wildman–Crippen MR) is 57.6 cm³/mol. The van der Waals surface area contributed by atoms with E-state index < -0.39 is 16.0 Å². The normalized spacial score (nSPS) is 10.8. The van der Waals surface area contributed by atoms with Crippen LogP contribution in [0.3, 0.4) is 0 Å². The van der Waals surface area contributed by atoms with Crippen LogP contribution < -0.4 is 4.72 Å². The number of nitrogens with one attached hydrogen (secondary N) is 1. The van der Waals surface area contributed by atoms with Gasteiger partial charge in [-0.05, 0) is 12.5 Å². The zero-order valence-electron chi connectivity index (χ0n) is 9.04. The molecule has 0 atom stereocenters. The lowest BCUT2D eigenvalue weighted by Gasteiger charge is -2.02. The van der Waals surface area contributed by atoms with Gasteiger partial charge in [-0.25, -0.2) is 17.9 Å². The zero-order valence-corrected chi connectivity index (χ0v) is 9.86. The Morgan fingerprint density at radius 2 is 2.29 bits per heavy atom. The Kier molecular flexibility index (Phi) is 3.75. The second kappa shape index (κ2) is 4.88. The molecule has 0 aliphatic carbocycles.